The maximum absolute atomic E-state index is 12.3. The summed E-state index contributed by atoms with van der Waals surface area (Å²) in [6.07, 6.45) is 0. The first-order valence-corrected chi connectivity index (χ1v) is 5.98. The first-order chi connectivity index (χ1) is 9.23. The van der Waals surface area contributed by atoms with Gasteiger partial charge in [0.15, 0.2) is 5.54 Å². The summed E-state index contributed by atoms with van der Waals surface area (Å²) in [6, 6.07) is 18.0. The van der Waals surface area contributed by atoms with E-state index in [4.69, 9.17) is 0 Å². The molecule has 1 saturated heterocycles. The predicted octanol–water partition coefficient (Wildman–Crippen LogP) is 1.12. The Morgan fingerprint density at radius 3 is 1.55 bits per heavy atom. The van der Waals surface area contributed by atoms with Crippen molar-refractivity contribution in [3.05, 3.63) is 71.8 Å². The van der Waals surface area contributed by atoms with Crippen LogP contribution < -0.4 is 10.6 Å². The second kappa shape index (κ2) is 6.20. The molecule has 0 unspecified atom stereocenters. The number of benzene rings is 2. The third-order valence-electron chi connectivity index (χ3n) is 3.28. The molecule has 20 heavy (non-hydrogen) atoms. The molecule has 0 radical (unpaired) electrons. The molecule has 3 rings (SSSR count). The summed E-state index contributed by atoms with van der Waals surface area (Å²) in [5.74, 6) is -0.352. The van der Waals surface area contributed by atoms with Gasteiger partial charge >= 0.3 is 57.4 Å². The van der Waals surface area contributed by atoms with Crippen LogP contribution in [0.4, 0.5) is 4.79 Å². The van der Waals surface area contributed by atoms with Crippen molar-refractivity contribution in [2.24, 2.45) is 0 Å². The molecule has 1 aliphatic rings. The summed E-state index contributed by atoms with van der Waals surface area (Å²) >= 11 is 0. The van der Waals surface area contributed by atoms with Gasteiger partial charge in [-0.2, -0.15) is 0 Å². The number of rotatable bonds is 2. The van der Waals surface area contributed by atoms with E-state index in [2.05, 4.69) is 10.6 Å². The SMILES string of the molecule is O=C1NC(=O)C(c2ccccc2)(c2ccccc2)N1.[KH]. The van der Waals surface area contributed by atoms with Crippen LogP contribution in [0.1, 0.15) is 11.1 Å². The first kappa shape index (κ1) is 15.4. The Morgan fingerprint density at radius 2 is 1.20 bits per heavy atom. The number of carbonyl (C=O) groups excluding carboxylic acids is 2. The Hall–Kier alpha value is -0.984. The van der Waals surface area contributed by atoms with Gasteiger partial charge in [-0.25, -0.2) is 4.79 Å². The molecule has 4 nitrogen and oxygen atoms in total. The van der Waals surface area contributed by atoms with Gasteiger partial charge in [-0.1, -0.05) is 60.7 Å². The molecule has 96 valence electrons. The van der Waals surface area contributed by atoms with Gasteiger partial charge in [0.25, 0.3) is 5.91 Å². The standard InChI is InChI=1S/C15H12N2O2.K.H/c18-13-15(17-14(19)16-13,11-7-3-1-4-8-11)12-9-5-2-6-10-12;;/h1-10H,(H2,16,17,18,19);;. The van der Waals surface area contributed by atoms with Crippen molar-refractivity contribution in [2.75, 3.05) is 0 Å². The third-order valence-corrected chi connectivity index (χ3v) is 3.28. The van der Waals surface area contributed by atoms with E-state index < -0.39 is 11.6 Å². The summed E-state index contributed by atoms with van der Waals surface area (Å²) in [6.45, 7) is 0. The van der Waals surface area contributed by atoms with Crippen molar-refractivity contribution >= 4 is 63.3 Å². The Bertz CT molecular complexity index is 589. The molecular formula is C15H13KN2O2. The molecule has 0 aromatic heterocycles. The average Bonchev–Trinajstić information content (AvgIpc) is 2.76. The van der Waals surface area contributed by atoms with Crippen LogP contribution in [0.3, 0.4) is 0 Å². The van der Waals surface area contributed by atoms with Crippen LogP contribution in [0.2, 0.25) is 0 Å². The summed E-state index contributed by atoms with van der Waals surface area (Å²) in [4.78, 5) is 23.9. The van der Waals surface area contributed by atoms with Gasteiger partial charge in [0.1, 0.15) is 0 Å². The van der Waals surface area contributed by atoms with E-state index in [1.807, 2.05) is 60.7 Å². The van der Waals surface area contributed by atoms with E-state index in [0.717, 1.165) is 11.1 Å². The summed E-state index contributed by atoms with van der Waals surface area (Å²) < 4.78 is 0. The average molecular weight is 292 g/mol. The normalized spacial score (nSPS) is 16.0. The van der Waals surface area contributed by atoms with E-state index in [9.17, 15) is 9.59 Å². The van der Waals surface area contributed by atoms with Crippen LogP contribution in [-0.4, -0.2) is 63.3 Å². The van der Waals surface area contributed by atoms with Gasteiger partial charge in [0.05, 0.1) is 0 Å². The fraction of sp³-hybridized carbons (Fsp3) is 0.0667. The first-order valence-electron chi connectivity index (χ1n) is 5.98. The molecule has 1 aliphatic heterocycles. The minimum absolute atomic E-state index is 0. The molecular weight excluding hydrogens is 279 g/mol. The molecule has 0 atom stereocenters. The molecule has 3 amide bonds. The summed E-state index contributed by atoms with van der Waals surface area (Å²) in [7, 11) is 0. The van der Waals surface area contributed by atoms with Crippen LogP contribution in [-0.2, 0) is 10.3 Å². The topological polar surface area (TPSA) is 58.2 Å². The van der Waals surface area contributed by atoms with Crippen LogP contribution >= 0.6 is 0 Å². The van der Waals surface area contributed by atoms with Crippen molar-refractivity contribution in [1.29, 1.82) is 0 Å². The van der Waals surface area contributed by atoms with Crippen LogP contribution in [0.5, 0.6) is 0 Å². The quantitative estimate of drug-likeness (QED) is 0.644. The number of carbonyl (C=O) groups is 2. The van der Waals surface area contributed by atoms with Crippen LogP contribution in [0, 0.1) is 0 Å². The molecule has 0 spiro atoms. The number of hydrogen-bond acceptors (Lipinski definition) is 2. The van der Waals surface area contributed by atoms with E-state index in [0.29, 0.717) is 0 Å². The van der Waals surface area contributed by atoms with Gasteiger partial charge < -0.3 is 5.32 Å². The number of hydrogen-bond donors (Lipinski definition) is 2. The van der Waals surface area contributed by atoms with Crippen molar-refractivity contribution in [3.63, 3.8) is 0 Å². The maximum atomic E-state index is 12.3. The Morgan fingerprint density at radius 1 is 0.750 bits per heavy atom. The third kappa shape index (κ3) is 2.47. The van der Waals surface area contributed by atoms with Gasteiger partial charge in [-0.3, -0.25) is 10.1 Å². The fourth-order valence-electron chi connectivity index (χ4n) is 2.40. The van der Waals surface area contributed by atoms with E-state index in [1.54, 1.807) is 0 Å². The minimum atomic E-state index is -1.14. The number of nitrogens with one attached hydrogen (secondary N) is 2. The van der Waals surface area contributed by atoms with Gasteiger partial charge in [-0.15, -0.1) is 0 Å². The zero-order chi connectivity index (χ0) is 13.3. The monoisotopic (exact) mass is 292 g/mol. The van der Waals surface area contributed by atoms with Crippen molar-refractivity contribution in [1.82, 2.24) is 10.6 Å². The number of urea groups is 1. The molecule has 0 saturated carbocycles. The molecule has 0 bridgehead atoms. The molecule has 5 heteroatoms. The zero-order valence-electron chi connectivity index (χ0n) is 10.1. The molecule has 2 N–H and O–H groups in total. The van der Waals surface area contributed by atoms with E-state index >= 15 is 0 Å². The van der Waals surface area contributed by atoms with Gasteiger partial charge in [-0.05, 0) is 11.1 Å². The molecule has 2 aromatic rings. The Kier molecular flexibility index (Phi) is 4.77. The second-order valence-electron chi connectivity index (χ2n) is 4.39. The number of amides is 3. The Labute approximate surface area is 159 Å². The van der Waals surface area contributed by atoms with Crippen LogP contribution in [0.15, 0.2) is 60.7 Å². The van der Waals surface area contributed by atoms with Crippen LogP contribution in [0.25, 0.3) is 0 Å². The molecule has 1 fully saturated rings. The molecule has 2 aromatic carbocycles. The zero-order valence-corrected chi connectivity index (χ0v) is 10.1. The molecule has 0 aliphatic carbocycles. The fourth-order valence-corrected chi connectivity index (χ4v) is 2.40. The van der Waals surface area contributed by atoms with E-state index in [1.165, 1.54) is 0 Å². The predicted molar refractivity (Wildman–Crippen MR) is 77.5 cm³/mol. The summed E-state index contributed by atoms with van der Waals surface area (Å²) in [5, 5.41) is 5.07. The van der Waals surface area contributed by atoms with Crippen molar-refractivity contribution in [2.45, 2.75) is 5.54 Å². The molecule has 1 heterocycles. The van der Waals surface area contributed by atoms with Gasteiger partial charge in [0, 0.05) is 0 Å². The second-order valence-corrected chi connectivity index (χ2v) is 4.39. The van der Waals surface area contributed by atoms with E-state index in [-0.39, 0.29) is 57.3 Å². The van der Waals surface area contributed by atoms with Crippen molar-refractivity contribution < 1.29 is 9.59 Å². The number of imide groups is 1. The van der Waals surface area contributed by atoms with Gasteiger partial charge in [0.2, 0.25) is 0 Å². The van der Waals surface area contributed by atoms with Crippen molar-refractivity contribution in [3.8, 4) is 0 Å². The summed E-state index contributed by atoms with van der Waals surface area (Å²) in [5.41, 5.74) is 0.341. The Balaban J connectivity index is 0.00000147.